The van der Waals surface area contributed by atoms with E-state index in [1.54, 1.807) is 18.2 Å². The van der Waals surface area contributed by atoms with Crippen LogP contribution in [0.2, 0.25) is 5.02 Å². The number of hydrogen-bond acceptors (Lipinski definition) is 3. The summed E-state index contributed by atoms with van der Waals surface area (Å²) in [5.74, 6) is 0.728. The zero-order valence-corrected chi connectivity index (χ0v) is 16.4. The second-order valence-electron chi connectivity index (χ2n) is 6.87. The van der Waals surface area contributed by atoms with Gasteiger partial charge in [0, 0.05) is 10.6 Å². The highest BCUT2D eigenvalue weighted by Crippen LogP contribution is 2.39. The number of benzene rings is 3. The number of hydrogen-bond donors (Lipinski definition) is 1. The molecule has 1 aliphatic rings. The molecule has 0 bridgehead atoms. The predicted molar refractivity (Wildman–Crippen MR) is 114 cm³/mol. The van der Waals surface area contributed by atoms with E-state index in [4.69, 9.17) is 21.3 Å². The Morgan fingerprint density at radius 2 is 1.70 bits per heavy atom. The fourth-order valence-electron chi connectivity index (χ4n) is 3.76. The van der Waals surface area contributed by atoms with Gasteiger partial charge in [-0.25, -0.2) is 4.98 Å². The molecule has 1 aliphatic heterocycles. The van der Waals surface area contributed by atoms with E-state index in [0.717, 1.165) is 16.6 Å². The molecule has 7 heteroatoms. The molecule has 30 heavy (non-hydrogen) atoms. The molecule has 1 atom stereocenters. The van der Waals surface area contributed by atoms with E-state index in [9.17, 15) is 8.78 Å². The number of para-hydroxylation sites is 3. The average molecular weight is 424 g/mol. The van der Waals surface area contributed by atoms with Gasteiger partial charge in [0.05, 0.1) is 22.8 Å². The van der Waals surface area contributed by atoms with Crippen molar-refractivity contribution < 1.29 is 13.5 Å². The Hall–Kier alpha value is -3.38. The lowest BCUT2D eigenvalue weighted by Gasteiger charge is -2.27. The Labute approximate surface area is 176 Å². The number of rotatable bonds is 4. The Kier molecular flexibility index (Phi) is 4.64. The lowest BCUT2D eigenvalue weighted by atomic mass is 10.0. The van der Waals surface area contributed by atoms with Crippen LogP contribution in [0.4, 0.5) is 14.7 Å². The summed E-state index contributed by atoms with van der Waals surface area (Å²) in [5, 5.41) is 3.93. The molecular formula is C23H16ClF2N3O. The second-order valence-corrected chi connectivity index (χ2v) is 7.31. The SMILES string of the molecule is FC(F)Oc1ccccc1C1=C[C@@H](c2ccc(Cl)cc2)n2c(nc3ccccc32)N1. The highest BCUT2D eigenvalue weighted by molar-refractivity contribution is 6.30. The van der Waals surface area contributed by atoms with Gasteiger partial charge in [0.1, 0.15) is 5.75 Å². The zero-order valence-electron chi connectivity index (χ0n) is 15.6. The van der Waals surface area contributed by atoms with Gasteiger partial charge in [0.2, 0.25) is 5.95 Å². The van der Waals surface area contributed by atoms with Crippen molar-refractivity contribution in [3.05, 3.63) is 95.0 Å². The van der Waals surface area contributed by atoms with Crippen molar-refractivity contribution in [2.75, 3.05) is 5.32 Å². The third-order valence-corrected chi connectivity index (χ3v) is 5.30. The number of alkyl halides is 2. The van der Waals surface area contributed by atoms with E-state index in [-0.39, 0.29) is 11.8 Å². The van der Waals surface area contributed by atoms with Crippen molar-refractivity contribution in [2.45, 2.75) is 12.7 Å². The van der Waals surface area contributed by atoms with Crippen LogP contribution in [0, 0.1) is 0 Å². The molecule has 0 spiro atoms. The average Bonchev–Trinajstić information content (AvgIpc) is 3.12. The van der Waals surface area contributed by atoms with Crippen LogP contribution in [0.3, 0.4) is 0 Å². The van der Waals surface area contributed by atoms with Crippen LogP contribution in [0.25, 0.3) is 16.7 Å². The first-order chi connectivity index (χ1) is 14.6. The van der Waals surface area contributed by atoms with Crippen molar-refractivity contribution in [1.82, 2.24) is 9.55 Å². The highest BCUT2D eigenvalue weighted by Gasteiger charge is 2.26. The molecule has 1 aromatic heterocycles. The number of nitrogens with zero attached hydrogens (tertiary/aromatic N) is 2. The fourth-order valence-corrected chi connectivity index (χ4v) is 3.89. The van der Waals surface area contributed by atoms with Gasteiger partial charge in [-0.05, 0) is 48.0 Å². The third kappa shape index (κ3) is 3.29. The van der Waals surface area contributed by atoms with E-state index in [1.807, 2.05) is 54.6 Å². The lowest BCUT2D eigenvalue weighted by molar-refractivity contribution is -0.0500. The van der Waals surface area contributed by atoms with E-state index >= 15 is 0 Å². The number of anilines is 1. The minimum atomic E-state index is -2.91. The molecule has 150 valence electrons. The van der Waals surface area contributed by atoms with Crippen molar-refractivity contribution in [2.24, 2.45) is 0 Å². The van der Waals surface area contributed by atoms with Crippen molar-refractivity contribution in [3.63, 3.8) is 0 Å². The van der Waals surface area contributed by atoms with Crippen molar-refractivity contribution >= 4 is 34.3 Å². The quantitative estimate of drug-likeness (QED) is 0.416. The molecule has 1 N–H and O–H groups in total. The Bertz CT molecular complexity index is 1250. The first-order valence-electron chi connectivity index (χ1n) is 9.35. The molecule has 0 fully saturated rings. The molecule has 0 saturated heterocycles. The molecule has 2 heterocycles. The molecular weight excluding hydrogens is 408 g/mol. The standard InChI is InChI=1S/C23H16ClF2N3O/c24-15-11-9-14(10-12-15)20-13-18(16-5-1-4-8-21(16)30-22(25)26)28-23-27-17-6-2-3-7-19(17)29(20)23/h1-13,20,22H,(H,27,28)/t20-/m0/s1. The van der Waals surface area contributed by atoms with Crippen LogP contribution in [0.15, 0.2) is 78.9 Å². The number of allylic oxidation sites excluding steroid dienone is 1. The summed E-state index contributed by atoms with van der Waals surface area (Å²) in [7, 11) is 0. The molecule has 5 rings (SSSR count). The van der Waals surface area contributed by atoms with E-state index in [1.165, 1.54) is 6.07 Å². The van der Waals surface area contributed by atoms with Gasteiger partial charge in [-0.2, -0.15) is 8.78 Å². The summed E-state index contributed by atoms with van der Waals surface area (Å²) in [6.07, 6.45) is 1.98. The summed E-state index contributed by atoms with van der Waals surface area (Å²) in [6, 6.07) is 21.9. The van der Waals surface area contributed by atoms with Crippen molar-refractivity contribution in [1.29, 1.82) is 0 Å². The smallest absolute Gasteiger partial charge is 0.387 e. The first kappa shape index (κ1) is 18.6. The van der Waals surface area contributed by atoms with Crippen LogP contribution in [-0.4, -0.2) is 16.2 Å². The summed E-state index contributed by atoms with van der Waals surface area (Å²) >= 11 is 6.08. The largest absolute Gasteiger partial charge is 0.434 e. The van der Waals surface area contributed by atoms with Gasteiger partial charge < -0.3 is 10.1 Å². The summed E-state index contributed by atoms with van der Waals surface area (Å²) in [4.78, 5) is 4.71. The predicted octanol–water partition coefficient (Wildman–Crippen LogP) is 6.35. The molecule has 0 amide bonds. The van der Waals surface area contributed by atoms with Gasteiger partial charge in [-0.3, -0.25) is 4.57 Å². The Balaban J connectivity index is 1.69. The fraction of sp³-hybridized carbons (Fsp3) is 0.0870. The van der Waals surface area contributed by atoms with Crippen molar-refractivity contribution in [3.8, 4) is 5.75 Å². The van der Waals surface area contributed by atoms with E-state index in [2.05, 4.69) is 9.88 Å². The van der Waals surface area contributed by atoms with Crippen LogP contribution >= 0.6 is 11.6 Å². The van der Waals surface area contributed by atoms with Gasteiger partial charge in [0.15, 0.2) is 0 Å². The maximum Gasteiger partial charge on any atom is 0.387 e. The minimum Gasteiger partial charge on any atom is -0.434 e. The topological polar surface area (TPSA) is 39.1 Å². The lowest BCUT2D eigenvalue weighted by Crippen LogP contribution is -2.19. The Morgan fingerprint density at radius 1 is 0.967 bits per heavy atom. The van der Waals surface area contributed by atoms with Crippen LogP contribution in [0.5, 0.6) is 5.75 Å². The number of imidazole rings is 1. The maximum atomic E-state index is 12.9. The number of ether oxygens (including phenoxy) is 1. The van der Waals surface area contributed by atoms with Gasteiger partial charge in [-0.15, -0.1) is 0 Å². The number of nitrogens with one attached hydrogen (secondary N) is 1. The van der Waals surface area contributed by atoms with Gasteiger partial charge in [0.25, 0.3) is 0 Å². The van der Waals surface area contributed by atoms with E-state index in [0.29, 0.717) is 22.2 Å². The number of aromatic nitrogens is 2. The minimum absolute atomic E-state index is 0.102. The number of halogens is 3. The zero-order chi connectivity index (χ0) is 20.7. The molecule has 4 nitrogen and oxygen atoms in total. The van der Waals surface area contributed by atoms with Crippen LogP contribution in [0.1, 0.15) is 17.2 Å². The Morgan fingerprint density at radius 3 is 2.50 bits per heavy atom. The second kappa shape index (κ2) is 7.46. The molecule has 3 aromatic carbocycles. The molecule has 4 aromatic rings. The van der Waals surface area contributed by atoms with Crippen LogP contribution < -0.4 is 10.1 Å². The third-order valence-electron chi connectivity index (χ3n) is 5.05. The maximum absolute atomic E-state index is 12.9. The normalized spacial score (nSPS) is 15.6. The molecule has 0 unspecified atom stereocenters. The monoisotopic (exact) mass is 423 g/mol. The molecule has 0 aliphatic carbocycles. The molecule has 0 saturated carbocycles. The molecule has 0 radical (unpaired) electrons. The van der Waals surface area contributed by atoms with Crippen LogP contribution in [-0.2, 0) is 0 Å². The van der Waals surface area contributed by atoms with E-state index < -0.39 is 6.61 Å². The summed E-state index contributed by atoms with van der Waals surface area (Å²) in [6.45, 7) is -2.91. The summed E-state index contributed by atoms with van der Waals surface area (Å²) in [5.41, 5.74) is 3.98. The summed E-state index contributed by atoms with van der Waals surface area (Å²) < 4.78 is 32.7. The number of fused-ring (bicyclic) bond motifs is 3. The first-order valence-corrected chi connectivity index (χ1v) is 9.73. The highest BCUT2D eigenvalue weighted by atomic mass is 35.5. The van der Waals surface area contributed by atoms with Gasteiger partial charge in [-0.1, -0.05) is 48.0 Å². The van der Waals surface area contributed by atoms with Gasteiger partial charge >= 0.3 is 6.61 Å².